The van der Waals surface area contributed by atoms with Gasteiger partial charge in [-0.2, -0.15) is 0 Å². The standard InChI is InChI=1S/C11H15NO/c1-12-11-4-2-3-8-7-9(13)5-6-10(8)11/h2-4,9,12-13H,5-7H2,1H3. The molecule has 0 spiro atoms. The van der Waals surface area contributed by atoms with Crippen molar-refractivity contribution in [1.29, 1.82) is 0 Å². The van der Waals surface area contributed by atoms with Gasteiger partial charge in [-0.3, -0.25) is 0 Å². The smallest absolute Gasteiger partial charge is 0.0583 e. The molecule has 70 valence electrons. The van der Waals surface area contributed by atoms with Gasteiger partial charge >= 0.3 is 0 Å². The molecule has 0 fully saturated rings. The molecule has 0 aliphatic heterocycles. The third-order valence-corrected chi connectivity index (χ3v) is 2.73. The fraction of sp³-hybridized carbons (Fsp3) is 0.455. The lowest BCUT2D eigenvalue weighted by Gasteiger charge is -2.22. The Morgan fingerprint density at radius 2 is 2.31 bits per heavy atom. The number of anilines is 1. The Morgan fingerprint density at radius 3 is 3.08 bits per heavy atom. The van der Waals surface area contributed by atoms with Crippen LogP contribution in [0.3, 0.4) is 0 Å². The number of rotatable bonds is 1. The van der Waals surface area contributed by atoms with E-state index >= 15 is 0 Å². The Bertz CT molecular complexity index is 309. The number of benzene rings is 1. The van der Waals surface area contributed by atoms with Gasteiger partial charge in [0.1, 0.15) is 0 Å². The zero-order chi connectivity index (χ0) is 9.26. The molecule has 0 heterocycles. The second-order valence-electron chi connectivity index (χ2n) is 3.59. The van der Waals surface area contributed by atoms with Gasteiger partial charge in [-0.25, -0.2) is 0 Å². The van der Waals surface area contributed by atoms with Crippen molar-refractivity contribution in [1.82, 2.24) is 0 Å². The van der Waals surface area contributed by atoms with Crippen LogP contribution in [0.1, 0.15) is 17.5 Å². The summed E-state index contributed by atoms with van der Waals surface area (Å²) in [6.07, 6.45) is 2.56. The topological polar surface area (TPSA) is 32.3 Å². The van der Waals surface area contributed by atoms with E-state index in [-0.39, 0.29) is 6.10 Å². The second kappa shape index (κ2) is 3.38. The molecule has 0 saturated carbocycles. The molecule has 1 atom stereocenters. The van der Waals surface area contributed by atoms with Crippen LogP contribution in [0.2, 0.25) is 0 Å². The maximum Gasteiger partial charge on any atom is 0.0583 e. The zero-order valence-electron chi connectivity index (χ0n) is 7.88. The van der Waals surface area contributed by atoms with Gasteiger partial charge in [0, 0.05) is 12.7 Å². The quantitative estimate of drug-likeness (QED) is 0.682. The van der Waals surface area contributed by atoms with Gasteiger partial charge in [-0.15, -0.1) is 0 Å². The van der Waals surface area contributed by atoms with Crippen molar-refractivity contribution < 1.29 is 5.11 Å². The van der Waals surface area contributed by atoms with Crippen molar-refractivity contribution >= 4 is 5.69 Å². The van der Waals surface area contributed by atoms with Crippen LogP contribution in [0.5, 0.6) is 0 Å². The Labute approximate surface area is 78.6 Å². The lowest BCUT2D eigenvalue weighted by Crippen LogP contribution is -2.19. The highest BCUT2D eigenvalue weighted by Crippen LogP contribution is 2.27. The molecule has 1 unspecified atom stereocenters. The van der Waals surface area contributed by atoms with Gasteiger partial charge in [0.05, 0.1) is 6.10 Å². The van der Waals surface area contributed by atoms with Crippen molar-refractivity contribution in [2.75, 3.05) is 12.4 Å². The SMILES string of the molecule is CNc1cccc2c1CCC(O)C2. The van der Waals surface area contributed by atoms with E-state index in [2.05, 4.69) is 17.4 Å². The van der Waals surface area contributed by atoms with E-state index in [0.29, 0.717) is 0 Å². The fourth-order valence-corrected chi connectivity index (χ4v) is 2.02. The maximum atomic E-state index is 9.50. The molecule has 2 nitrogen and oxygen atoms in total. The summed E-state index contributed by atoms with van der Waals surface area (Å²) in [4.78, 5) is 0. The van der Waals surface area contributed by atoms with Crippen LogP contribution in [-0.4, -0.2) is 18.3 Å². The molecule has 0 saturated heterocycles. The second-order valence-corrected chi connectivity index (χ2v) is 3.59. The van der Waals surface area contributed by atoms with Crippen LogP contribution < -0.4 is 5.32 Å². The molecule has 1 aliphatic carbocycles. The van der Waals surface area contributed by atoms with Gasteiger partial charge in [-0.1, -0.05) is 12.1 Å². The first kappa shape index (κ1) is 8.57. The average molecular weight is 177 g/mol. The van der Waals surface area contributed by atoms with E-state index in [1.807, 2.05) is 13.1 Å². The number of fused-ring (bicyclic) bond motifs is 1. The monoisotopic (exact) mass is 177 g/mol. The maximum absolute atomic E-state index is 9.50. The van der Waals surface area contributed by atoms with Gasteiger partial charge in [-0.05, 0) is 36.5 Å². The highest BCUT2D eigenvalue weighted by molar-refractivity contribution is 5.55. The summed E-state index contributed by atoms with van der Waals surface area (Å²) < 4.78 is 0. The van der Waals surface area contributed by atoms with E-state index in [1.165, 1.54) is 16.8 Å². The molecule has 0 amide bonds. The summed E-state index contributed by atoms with van der Waals surface area (Å²) in [6, 6.07) is 6.25. The Hall–Kier alpha value is -1.02. The van der Waals surface area contributed by atoms with Gasteiger partial charge < -0.3 is 10.4 Å². The van der Waals surface area contributed by atoms with Gasteiger partial charge in [0.2, 0.25) is 0 Å². The molecule has 1 aliphatic rings. The summed E-state index contributed by atoms with van der Waals surface area (Å²) in [7, 11) is 1.95. The van der Waals surface area contributed by atoms with Crippen LogP contribution >= 0.6 is 0 Å². The predicted octanol–water partition coefficient (Wildman–Crippen LogP) is 1.58. The van der Waals surface area contributed by atoms with Crippen molar-refractivity contribution in [2.24, 2.45) is 0 Å². The molecule has 0 radical (unpaired) electrons. The highest BCUT2D eigenvalue weighted by Gasteiger charge is 2.17. The van der Waals surface area contributed by atoms with Crippen LogP contribution in [0.25, 0.3) is 0 Å². The van der Waals surface area contributed by atoms with Crippen molar-refractivity contribution in [3.63, 3.8) is 0 Å². The summed E-state index contributed by atoms with van der Waals surface area (Å²) in [5, 5.41) is 12.7. The number of nitrogens with one attached hydrogen (secondary N) is 1. The number of hydrogen-bond donors (Lipinski definition) is 2. The van der Waals surface area contributed by atoms with Gasteiger partial charge in [0.25, 0.3) is 0 Å². The lowest BCUT2D eigenvalue weighted by atomic mass is 9.89. The zero-order valence-corrected chi connectivity index (χ0v) is 7.88. The average Bonchev–Trinajstić information content (AvgIpc) is 2.16. The molecule has 1 aromatic carbocycles. The van der Waals surface area contributed by atoms with Crippen LogP contribution in [0.4, 0.5) is 5.69 Å². The van der Waals surface area contributed by atoms with E-state index < -0.39 is 0 Å². The first-order valence-corrected chi connectivity index (χ1v) is 4.78. The van der Waals surface area contributed by atoms with Crippen molar-refractivity contribution in [2.45, 2.75) is 25.4 Å². The minimum atomic E-state index is -0.139. The summed E-state index contributed by atoms with van der Waals surface area (Å²) in [5.41, 5.74) is 3.89. The lowest BCUT2D eigenvalue weighted by molar-refractivity contribution is 0.159. The molecule has 1 aromatic rings. The summed E-state index contributed by atoms with van der Waals surface area (Å²) in [6.45, 7) is 0. The summed E-state index contributed by atoms with van der Waals surface area (Å²) >= 11 is 0. The Kier molecular flexibility index (Phi) is 2.23. The van der Waals surface area contributed by atoms with E-state index in [9.17, 15) is 5.11 Å². The molecule has 0 bridgehead atoms. The number of aliphatic hydroxyl groups excluding tert-OH is 1. The minimum absolute atomic E-state index is 0.139. The molecule has 13 heavy (non-hydrogen) atoms. The Balaban J connectivity index is 2.39. The molecule has 2 heteroatoms. The third kappa shape index (κ3) is 1.54. The van der Waals surface area contributed by atoms with Crippen LogP contribution in [0.15, 0.2) is 18.2 Å². The number of aliphatic hydroxyl groups is 1. The van der Waals surface area contributed by atoms with Crippen molar-refractivity contribution in [3.8, 4) is 0 Å². The normalized spacial score (nSPS) is 20.9. The molecule has 0 aromatic heterocycles. The number of hydrogen-bond acceptors (Lipinski definition) is 2. The molecule has 2 N–H and O–H groups in total. The predicted molar refractivity (Wildman–Crippen MR) is 54.0 cm³/mol. The van der Waals surface area contributed by atoms with Crippen molar-refractivity contribution in [3.05, 3.63) is 29.3 Å². The van der Waals surface area contributed by atoms with E-state index in [4.69, 9.17) is 0 Å². The van der Waals surface area contributed by atoms with E-state index in [0.717, 1.165) is 19.3 Å². The van der Waals surface area contributed by atoms with Crippen LogP contribution in [-0.2, 0) is 12.8 Å². The molecular formula is C11H15NO. The third-order valence-electron chi connectivity index (χ3n) is 2.73. The highest BCUT2D eigenvalue weighted by atomic mass is 16.3. The minimum Gasteiger partial charge on any atom is -0.393 e. The van der Waals surface area contributed by atoms with Crippen LogP contribution in [0, 0.1) is 0 Å². The largest absolute Gasteiger partial charge is 0.393 e. The van der Waals surface area contributed by atoms with Gasteiger partial charge in [0.15, 0.2) is 0 Å². The first-order chi connectivity index (χ1) is 6.31. The summed E-state index contributed by atoms with van der Waals surface area (Å²) in [5.74, 6) is 0. The Morgan fingerprint density at radius 1 is 1.46 bits per heavy atom. The molecule has 2 rings (SSSR count). The molecular weight excluding hydrogens is 162 g/mol. The fourth-order valence-electron chi connectivity index (χ4n) is 2.02. The van der Waals surface area contributed by atoms with E-state index in [1.54, 1.807) is 0 Å². The first-order valence-electron chi connectivity index (χ1n) is 4.78.